The molecule has 0 bridgehead atoms. The molecule has 2 heterocycles. The molecule has 0 saturated carbocycles. The zero-order valence-electron chi connectivity index (χ0n) is 17.1. The normalized spacial score (nSPS) is 17.6. The number of amides is 1. The average Bonchev–Trinajstić information content (AvgIpc) is 2.96. The highest BCUT2D eigenvalue weighted by Crippen LogP contribution is 2.31. The Bertz CT molecular complexity index is 975. The first kappa shape index (κ1) is 20.5. The van der Waals surface area contributed by atoms with Crippen LogP contribution in [0.3, 0.4) is 0 Å². The first-order valence-electron chi connectivity index (χ1n) is 9.53. The Balaban J connectivity index is 1.86. The third kappa shape index (κ3) is 4.12. The number of aryl methyl sites for hydroxylation is 2. The van der Waals surface area contributed by atoms with Gasteiger partial charge < -0.3 is 9.88 Å². The zero-order valence-corrected chi connectivity index (χ0v) is 17.9. The first-order chi connectivity index (χ1) is 13.1. The first-order valence-corrected chi connectivity index (χ1v) is 11.0. The third-order valence-corrected chi connectivity index (χ3v) is 6.77. The topological polar surface area (TPSA) is 84.3 Å². The molecule has 1 amide bonds. The minimum absolute atomic E-state index is 0.0714. The number of aromatic nitrogens is 2. The molecular formula is C20H28N4O3S. The number of sulfonamides is 1. The summed E-state index contributed by atoms with van der Waals surface area (Å²) in [5.74, 6) is 0.587. The van der Waals surface area contributed by atoms with Crippen LogP contribution in [0.25, 0.3) is 0 Å². The summed E-state index contributed by atoms with van der Waals surface area (Å²) in [4.78, 5) is 16.9. The highest BCUT2D eigenvalue weighted by molar-refractivity contribution is 7.89. The Morgan fingerprint density at radius 2 is 1.86 bits per heavy atom. The second-order valence-corrected chi connectivity index (χ2v) is 9.69. The maximum Gasteiger partial charge on any atom is 0.243 e. The highest BCUT2D eigenvalue weighted by atomic mass is 32.2. The molecule has 1 aromatic carbocycles. The summed E-state index contributed by atoms with van der Waals surface area (Å²) < 4.78 is 29.9. The number of nitrogens with zero attached hydrogens (tertiary/aromatic N) is 3. The highest BCUT2D eigenvalue weighted by Gasteiger charge is 2.35. The van der Waals surface area contributed by atoms with E-state index in [0.717, 1.165) is 11.1 Å². The quantitative estimate of drug-likeness (QED) is 0.829. The number of carbonyl (C=O) groups excluding carboxylic acids is 1. The van der Waals surface area contributed by atoms with Crippen molar-refractivity contribution in [2.24, 2.45) is 0 Å². The number of carbonyl (C=O) groups is 1. The van der Waals surface area contributed by atoms with Gasteiger partial charge in [0, 0.05) is 25.3 Å². The van der Waals surface area contributed by atoms with Crippen molar-refractivity contribution in [3.05, 3.63) is 47.0 Å². The Morgan fingerprint density at radius 3 is 2.46 bits per heavy atom. The molecule has 0 saturated heterocycles. The molecule has 0 spiro atoms. The molecule has 2 aromatic rings. The van der Waals surface area contributed by atoms with Crippen molar-refractivity contribution in [2.45, 2.75) is 64.6 Å². The van der Waals surface area contributed by atoms with E-state index < -0.39 is 16.1 Å². The molecular weight excluding hydrogens is 376 g/mol. The maximum atomic E-state index is 13.2. The van der Waals surface area contributed by atoms with Crippen molar-refractivity contribution < 1.29 is 13.2 Å². The molecule has 152 valence electrons. The van der Waals surface area contributed by atoms with E-state index in [4.69, 9.17) is 0 Å². The van der Waals surface area contributed by atoms with Crippen LogP contribution in [0, 0.1) is 13.8 Å². The van der Waals surface area contributed by atoms with Gasteiger partial charge in [0.2, 0.25) is 15.9 Å². The second-order valence-electron chi connectivity index (χ2n) is 7.80. The molecule has 1 aliphatic rings. The van der Waals surface area contributed by atoms with E-state index in [1.807, 2.05) is 51.4 Å². The lowest BCUT2D eigenvalue weighted by Gasteiger charge is -2.32. The molecule has 7 nitrogen and oxygen atoms in total. The van der Waals surface area contributed by atoms with Crippen molar-refractivity contribution in [2.75, 3.05) is 6.54 Å². The molecule has 0 unspecified atom stereocenters. The zero-order chi connectivity index (χ0) is 20.6. The lowest BCUT2D eigenvalue weighted by atomic mass is 10.2. The van der Waals surface area contributed by atoms with Gasteiger partial charge in [-0.15, -0.1) is 0 Å². The van der Waals surface area contributed by atoms with Crippen LogP contribution in [0.5, 0.6) is 0 Å². The molecule has 8 heteroatoms. The molecule has 0 radical (unpaired) electrons. The summed E-state index contributed by atoms with van der Waals surface area (Å²) in [5.41, 5.74) is 2.50. The third-order valence-electron chi connectivity index (χ3n) is 4.82. The van der Waals surface area contributed by atoms with Gasteiger partial charge in [0.25, 0.3) is 0 Å². The molecule has 3 rings (SSSR count). The average molecular weight is 405 g/mol. The Labute approximate surface area is 166 Å². The number of hydrogen-bond donors (Lipinski definition) is 1. The van der Waals surface area contributed by atoms with Crippen LogP contribution in [0.15, 0.2) is 29.3 Å². The Kier molecular flexibility index (Phi) is 5.63. The fraction of sp³-hybridized carbons (Fsp3) is 0.500. The summed E-state index contributed by atoms with van der Waals surface area (Å²) in [5, 5.41) is 2.85. The molecule has 0 aliphatic carbocycles. The smallest absolute Gasteiger partial charge is 0.243 e. The minimum Gasteiger partial charge on any atom is -0.354 e. The molecule has 28 heavy (non-hydrogen) atoms. The Hall–Kier alpha value is -2.19. The monoisotopic (exact) mass is 404 g/mol. The van der Waals surface area contributed by atoms with Crippen molar-refractivity contribution in [3.63, 3.8) is 0 Å². The largest absolute Gasteiger partial charge is 0.354 e. The van der Waals surface area contributed by atoms with Crippen molar-refractivity contribution >= 4 is 15.9 Å². The van der Waals surface area contributed by atoms with E-state index in [1.165, 1.54) is 4.31 Å². The lowest BCUT2D eigenvalue weighted by molar-refractivity contribution is -0.120. The van der Waals surface area contributed by atoms with E-state index in [9.17, 15) is 13.2 Å². The summed E-state index contributed by atoms with van der Waals surface area (Å²) in [6.45, 7) is 10.3. The molecule has 0 fully saturated rings. The van der Waals surface area contributed by atoms with E-state index in [1.54, 1.807) is 12.1 Å². The van der Waals surface area contributed by atoms with Crippen LogP contribution in [0.4, 0.5) is 0 Å². The van der Waals surface area contributed by atoms with Gasteiger partial charge >= 0.3 is 0 Å². The van der Waals surface area contributed by atoms with Crippen LogP contribution in [-0.4, -0.2) is 40.8 Å². The van der Waals surface area contributed by atoms with Gasteiger partial charge in [-0.3, -0.25) is 4.79 Å². The van der Waals surface area contributed by atoms with Crippen LogP contribution >= 0.6 is 0 Å². The molecule has 1 aromatic heterocycles. The van der Waals surface area contributed by atoms with Crippen LogP contribution in [0.1, 0.15) is 49.5 Å². The molecule has 1 atom stereocenters. The van der Waals surface area contributed by atoms with Crippen LogP contribution < -0.4 is 5.32 Å². The number of fused-ring (bicyclic) bond motifs is 1. The fourth-order valence-electron chi connectivity index (χ4n) is 3.70. The summed E-state index contributed by atoms with van der Waals surface area (Å²) in [6, 6.07) is 5.04. The van der Waals surface area contributed by atoms with Crippen molar-refractivity contribution in [3.8, 4) is 0 Å². The maximum absolute atomic E-state index is 13.2. The summed E-state index contributed by atoms with van der Waals surface area (Å²) in [7, 11) is -3.63. The number of hydrogen-bond acceptors (Lipinski definition) is 4. The van der Waals surface area contributed by atoms with Crippen molar-refractivity contribution in [1.29, 1.82) is 0 Å². The number of benzene rings is 1. The standard InChI is InChI=1S/C20H28N4O3S/c1-13(2)21-19(25)11-17-12-23-6-7-24(16(5)20(23)22-17)28(26,27)18-9-14(3)8-15(4)10-18/h8-10,12-13,16H,6-7,11H2,1-5H3,(H,21,25)/t16-/m1/s1. The van der Waals surface area contributed by atoms with Crippen LogP contribution in [0.2, 0.25) is 0 Å². The minimum atomic E-state index is -3.63. The van der Waals surface area contributed by atoms with Crippen molar-refractivity contribution in [1.82, 2.24) is 19.2 Å². The molecule has 1 aliphatic heterocycles. The van der Waals surface area contributed by atoms with E-state index in [-0.39, 0.29) is 18.4 Å². The summed E-state index contributed by atoms with van der Waals surface area (Å²) >= 11 is 0. The van der Waals surface area contributed by atoms with Gasteiger partial charge in [-0.25, -0.2) is 13.4 Å². The van der Waals surface area contributed by atoms with Gasteiger partial charge in [-0.2, -0.15) is 4.31 Å². The lowest BCUT2D eigenvalue weighted by Crippen LogP contribution is -2.41. The predicted octanol–water partition coefficient (Wildman–Crippen LogP) is 2.33. The van der Waals surface area contributed by atoms with Gasteiger partial charge in [-0.1, -0.05) is 6.07 Å². The fourth-order valence-corrected chi connectivity index (χ4v) is 5.47. The van der Waals surface area contributed by atoms with E-state index in [0.29, 0.717) is 29.5 Å². The predicted molar refractivity (Wildman–Crippen MR) is 107 cm³/mol. The number of imidazole rings is 1. The van der Waals surface area contributed by atoms with Crippen LogP contribution in [-0.2, 0) is 27.8 Å². The molecule has 1 N–H and O–H groups in total. The second kappa shape index (κ2) is 7.67. The van der Waals surface area contributed by atoms with Gasteiger partial charge in [0.1, 0.15) is 5.82 Å². The van der Waals surface area contributed by atoms with Gasteiger partial charge in [0.05, 0.1) is 23.1 Å². The van der Waals surface area contributed by atoms with Gasteiger partial charge in [-0.05, 0) is 57.9 Å². The van der Waals surface area contributed by atoms with E-state index in [2.05, 4.69) is 10.3 Å². The van der Waals surface area contributed by atoms with E-state index >= 15 is 0 Å². The Morgan fingerprint density at radius 1 is 1.21 bits per heavy atom. The SMILES string of the molecule is Cc1cc(C)cc(S(=O)(=O)N2CCn3cc(CC(=O)NC(C)C)nc3[C@H]2C)c1. The van der Waals surface area contributed by atoms with Gasteiger partial charge in [0.15, 0.2) is 0 Å². The number of rotatable bonds is 5. The summed E-state index contributed by atoms with van der Waals surface area (Å²) in [6.07, 6.45) is 2.04. The number of nitrogens with one attached hydrogen (secondary N) is 1.